The molecule has 0 aliphatic carbocycles. The number of nitrogens with one attached hydrogen (secondary N) is 1. The summed E-state index contributed by atoms with van der Waals surface area (Å²) in [5, 5.41) is 7.46. The minimum atomic E-state index is -0.568. The van der Waals surface area contributed by atoms with Gasteiger partial charge in [-0.2, -0.15) is 5.10 Å². The van der Waals surface area contributed by atoms with Crippen LogP contribution >= 0.6 is 0 Å². The largest absolute Gasteiger partial charge is 0.469 e. The van der Waals surface area contributed by atoms with Gasteiger partial charge in [0.1, 0.15) is 5.82 Å². The fourth-order valence-electron chi connectivity index (χ4n) is 3.32. The van der Waals surface area contributed by atoms with Crippen molar-refractivity contribution in [2.75, 3.05) is 7.11 Å². The summed E-state index contributed by atoms with van der Waals surface area (Å²) in [4.78, 5) is 24.3. The second-order valence-electron chi connectivity index (χ2n) is 7.68. The lowest BCUT2D eigenvalue weighted by Gasteiger charge is -2.18. The van der Waals surface area contributed by atoms with Gasteiger partial charge in [0, 0.05) is 18.7 Å². The third-order valence-electron chi connectivity index (χ3n) is 4.88. The third-order valence-corrected chi connectivity index (χ3v) is 4.88. The van der Waals surface area contributed by atoms with E-state index >= 15 is 0 Å². The molecule has 0 saturated heterocycles. The number of aryl methyl sites for hydroxylation is 1. The number of methoxy groups -OCH3 is 1. The number of carbonyl (C=O) groups is 2. The van der Waals surface area contributed by atoms with Gasteiger partial charge in [-0.25, -0.2) is 4.39 Å². The second-order valence-corrected chi connectivity index (χ2v) is 7.68. The molecule has 1 heterocycles. The van der Waals surface area contributed by atoms with Gasteiger partial charge in [0.15, 0.2) is 0 Å². The molecule has 158 valence electrons. The van der Waals surface area contributed by atoms with Crippen molar-refractivity contribution in [3.8, 4) is 0 Å². The van der Waals surface area contributed by atoms with Crippen molar-refractivity contribution in [1.82, 2.24) is 15.1 Å². The van der Waals surface area contributed by atoms with Gasteiger partial charge >= 0.3 is 5.97 Å². The molecular weight excluding hydrogens is 373 g/mol. The lowest BCUT2D eigenvalue weighted by molar-refractivity contribution is -0.141. The SMILES string of the molecule is COC(=O)C[C@@H](NC(=O)CCc1c(C)nn(CC(C)C)c1C)c1ccc(F)cc1. The van der Waals surface area contributed by atoms with Crippen LogP contribution in [0.3, 0.4) is 0 Å². The Labute approximate surface area is 171 Å². The first kappa shape index (κ1) is 22.6. The van der Waals surface area contributed by atoms with Crippen LogP contribution in [0.15, 0.2) is 24.3 Å². The average molecular weight is 403 g/mol. The Kier molecular flexibility index (Phi) is 7.93. The highest BCUT2D eigenvalue weighted by Crippen LogP contribution is 2.20. The van der Waals surface area contributed by atoms with Crippen molar-refractivity contribution in [2.45, 2.75) is 59.5 Å². The highest BCUT2D eigenvalue weighted by Gasteiger charge is 2.20. The van der Waals surface area contributed by atoms with E-state index in [1.165, 1.54) is 19.2 Å². The number of halogens is 1. The van der Waals surface area contributed by atoms with Gasteiger partial charge in [-0.05, 0) is 49.4 Å². The van der Waals surface area contributed by atoms with Crippen LogP contribution in [0.1, 0.15) is 55.2 Å². The van der Waals surface area contributed by atoms with E-state index in [1.54, 1.807) is 12.1 Å². The summed E-state index contributed by atoms with van der Waals surface area (Å²) in [7, 11) is 1.30. The number of aromatic nitrogens is 2. The zero-order valence-electron chi connectivity index (χ0n) is 17.8. The molecule has 0 bridgehead atoms. The standard InChI is InChI=1S/C22H30FN3O3/c1-14(2)13-26-16(4)19(15(3)25-26)10-11-21(27)24-20(12-22(28)29-5)17-6-8-18(23)9-7-17/h6-9,14,20H,10-13H2,1-5H3,(H,24,27)/t20-/m1/s1. The van der Waals surface area contributed by atoms with E-state index in [1.807, 2.05) is 18.5 Å². The summed E-state index contributed by atoms with van der Waals surface area (Å²) in [5.41, 5.74) is 3.74. The lowest BCUT2D eigenvalue weighted by atomic mass is 10.0. The van der Waals surface area contributed by atoms with Crippen LogP contribution in [0.25, 0.3) is 0 Å². The summed E-state index contributed by atoms with van der Waals surface area (Å²) in [6, 6.07) is 5.17. The lowest BCUT2D eigenvalue weighted by Crippen LogP contribution is -2.30. The zero-order valence-corrected chi connectivity index (χ0v) is 17.8. The number of esters is 1. The van der Waals surface area contributed by atoms with Crippen LogP contribution in [-0.2, 0) is 27.3 Å². The quantitative estimate of drug-likeness (QED) is 0.649. The van der Waals surface area contributed by atoms with Crippen LogP contribution in [0.5, 0.6) is 0 Å². The molecule has 6 nitrogen and oxygen atoms in total. The molecule has 1 aromatic carbocycles. The number of carbonyl (C=O) groups excluding carboxylic acids is 2. The fraction of sp³-hybridized carbons (Fsp3) is 0.500. The van der Waals surface area contributed by atoms with E-state index in [0.717, 1.165) is 23.5 Å². The number of benzene rings is 1. The molecule has 1 amide bonds. The van der Waals surface area contributed by atoms with E-state index in [2.05, 4.69) is 24.3 Å². The van der Waals surface area contributed by atoms with E-state index in [4.69, 9.17) is 4.74 Å². The number of hydrogen-bond acceptors (Lipinski definition) is 4. The Hall–Kier alpha value is -2.70. The molecule has 0 aliphatic heterocycles. The summed E-state index contributed by atoms with van der Waals surface area (Å²) < 4.78 is 19.9. The summed E-state index contributed by atoms with van der Waals surface area (Å²) in [6.45, 7) is 9.09. The first-order valence-electron chi connectivity index (χ1n) is 9.85. The predicted molar refractivity (Wildman–Crippen MR) is 109 cm³/mol. The van der Waals surface area contributed by atoms with Crippen LogP contribution in [-0.4, -0.2) is 28.8 Å². The zero-order chi connectivity index (χ0) is 21.6. The van der Waals surface area contributed by atoms with E-state index in [9.17, 15) is 14.0 Å². The van der Waals surface area contributed by atoms with Crippen LogP contribution < -0.4 is 5.32 Å². The van der Waals surface area contributed by atoms with Gasteiger partial charge in [0.2, 0.25) is 5.91 Å². The molecule has 0 aliphatic rings. The van der Waals surface area contributed by atoms with E-state index in [-0.39, 0.29) is 24.6 Å². The van der Waals surface area contributed by atoms with Crippen LogP contribution in [0, 0.1) is 25.6 Å². The topological polar surface area (TPSA) is 73.2 Å². The number of amides is 1. The second kappa shape index (κ2) is 10.2. The molecule has 1 aromatic heterocycles. The van der Waals surface area contributed by atoms with E-state index in [0.29, 0.717) is 17.9 Å². The van der Waals surface area contributed by atoms with Gasteiger partial charge in [0.25, 0.3) is 0 Å². The molecule has 0 saturated carbocycles. The summed E-state index contributed by atoms with van der Waals surface area (Å²) >= 11 is 0. The smallest absolute Gasteiger partial charge is 0.307 e. The first-order chi connectivity index (χ1) is 13.7. The maximum absolute atomic E-state index is 13.2. The number of ether oxygens (including phenoxy) is 1. The highest BCUT2D eigenvalue weighted by atomic mass is 19.1. The minimum Gasteiger partial charge on any atom is -0.469 e. The Morgan fingerprint density at radius 1 is 1.21 bits per heavy atom. The molecule has 2 rings (SSSR count). The van der Waals surface area contributed by atoms with E-state index < -0.39 is 12.0 Å². The molecule has 0 unspecified atom stereocenters. The molecule has 0 radical (unpaired) electrons. The number of nitrogens with zero attached hydrogens (tertiary/aromatic N) is 2. The van der Waals surface area contributed by atoms with Gasteiger partial charge in [-0.1, -0.05) is 26.0 Å². The monoisotopic (exact) mass is 403 g/mol. The molecule has 1 N–H and O–H groups in total. The van der Waals surface area contributed by atoms with Crippen molar-refractivity contribution in [2.24, 2.45) is 5.92 Å². The van der Waals surface area contributed by atoms with Gasteiger partial charge in [0.05, 0.1) is 25.3 Å². The molecule has 0 fully saturated rings. The summed E-state index contributed by atoms with van der Waals surface area (Å²) in [6.07, 6.45) is 0.822. The Balaban J connectivity index is 2.05. The van der Waals surface area contributed by atoms with Crippen molar-refractivity contribution in [3.63, 3.8) is 0 Å². The minimum absolute atomic E-state index is 0.0156. The molecule has 29 heavy (non-hydrogen) atoms. The van der Waals surface area contributed by atoms with Crippen LogP contribution in [0.2, 0.25) is 0 Å². The molecule has 7 heteroatoms. The van der Waals surface area contributed by atoms with Crippen molar-refractivity contribution >= 4 is 11.9 Å². The summed E-state index contributed by atoms with van der Waals surface area (Å²) in [5.74, 6) is -0.514. The molecule has 1 atom stereocenters. The number of hydrogen-bond donors (Lipinski definition) is 1. The van der Waals surface area contributed by atoms with Gasteiger partial charge < -0.3 is 10.1 Å². The van der Waals surface area contributed by atoms with Crippen molar-refractivity contribution in [3.05, 3.63) is 52.6 Å². The van der Waals surface area contributed by atoms with Crippen molar-refractivity contribution in [1.29, 1.82) is 0 Å². The van der Waals surface area contributed by atoms with Crippen LogP contribution in [0.4, 0.5) is 4.39 Å². The van der Waals surface area contributed by atoms with Gasteiger partial charge in [-0.15, -0.1) is 0 Å². The normalized spacial score (nSPS) is 12.1. The highest BCUT2D eigenvalue weighted by molar-refractivity contribution is 5.78. The number of rotatable bonds is 9. The van der Waals surface area contributed by atoms with Gasteiger partial charge in [-0.3, -0.25) is 14.3 Å². The Bertz CT molecular complexity index is 844. The maximum Gasteiger partial charge on any atom is 0.307 e. The maximum atomic E-state index is 13.2. The Morgan fingerprint density at radius 2 is 1.86 bits per heavy atom. The molecule has 2 aromatic rings. The molecule has 0 spiro atoms. The van der Waals surface area contributed by atoms with Crippen molar-refractivity contribution < 1.29 is 18.7 Å². The third kappa shape index (κ3) is 6.41. The Morgan fingerprint density at radius 3 is 2.45 bits per heavy atom. The molecular formula is C22H30FN3O3. The first-order valence-corrected chi connectivity index (χ1v) is 9.85. The predicted octanol–water partition coefficient (Wildman–Crippen LogP) is 3.65. The average Bonchev–Trinajstić information content (AvgIpc) is 2.92. The fourth-order valence-corrected chi connectivity index (χ4v) is 3.32.